The first kappa shape index (κ1) is 11.6. The molecular formula is C10H13N3O4. The SMILES string of the molecule is Cc1noc(CNC(=O)C2(C(=O)O)CCC2)n1. The summed E-state index contributed by atoms with van der Waals surface area (Å²) < 4.78 is 4.82. The average molecular weight is 239 g/mol. The lowest BCUT2D eigenvalue weighted by Gasteiger charge is -2.35. The zero-order valence-electron chi connectivity index (χ0n) is 9.39. The van der Waals surface area contributed by atoms with E-state index in [2.05, 4.69) is 15.5 Å². The van der Waals surface area contributed by atoms with Gasteiger partial charge in [-0.25, -0.2) is 0 Å². The highest BCUT2D eigenvalue weighted by atomic mass is 16.5. The topological polar surface area (TPSA) is 105 Å². The van der Waals surface area contributed by atoms with Gasteiger partial charge in [-0.15, -0.1) is 0 Å². The van der Waals surface area contributed by atoms with Crippen LogP contribution in [0.2, 0.25) is 0 Å². The van der Waals surface area contributed by atoms with Gasteiger partial charge in [0.15, 0.2) is 5.82 Å². The Balaban J connectivity index is 1.95. The van der Waals surface area contributed by atoms with Gasteiger partial charge in [-0.05, 0) is 19.8 Å². The minimum absolute atomic E-state index is 0.0642. The summed E-state index contributed by atoms with van der Waals surface area (Å²) in [5.74, 6) is -0.795. The zero-order valence-corrected chi connectivity index (χ0v) is 9.39. The van der Waals surface area contributed by atoms with Gasteiger partial charge in [-0.3, -0.25) is 9.59 Å². The summed E-state index contributed by atoms with van der Waals surface area (Å²) >= 11 is 0. The van der Waals surface area contributed by atoms with Crippen molar-refractivity contribution in [3.05, 3.63) is 11.7 Å². The summed E-state index contributed by atoms with van der Waals surface area (Å²) in [5.41, 5.74) is -1.25. The maximum absolute atomic E-state index is 11.8. The van der Waals surface area contributed by atoms with Crippen LogP contribution in [0.15, 0.2) is 4.52 Å². The first-order valence-electron chi connectivity index (χ1n) is 5.35. The molecule has 0 saturated heterocycles. The third kappa shape index (κ3) is 2.00. The highest BCUT2D eigenvalue weighted by Crippen LogP contribution is 2.41. The van der Waals surface area contributed by atoms with Crippen molar-refractivity contribution in [2.45, 2.75) is 32.7 Å². The second kappa shape index (κ2) is 4.15. The van der Waals surface area contributed by atoms with Crippen LogP contribution < -0.4 is 5.32 Å². The number of carboxylic acid groups (broad SMARTS) is 1. The number of carbonyl (C=O) groups excluding carboxylic acids is 1. The van der Waals surface area contributed by atoms with Gasteiger partial charge >= 0.3 is 5.97 Å². The number of hydrogen-bond donors (Lipinski definition) is 2. The van der Waals surface area contributed by atoms with Crippen LogP contribution in [0, 0.1) is 12.3 Å². The Morgan fingerprint density at radius 3 is 2.65 bits per heavy atom. The van der Waals surface area contributed by atoms with Crippen molar-refractivity contribution in [1.82, 2.24) is 15.5 Å². The minimum Gasteiger partial charge on any atom is -0.480 e. The second-order valence-electron chi connectivity index (χ2n) is 4.16. The van der Waals surface area contributed by atoms with E-state index in [0.717, 1.165) is 6.42 Å². The van der Waals surface area contributed by atoms with Crippen LogP contribution in [-0.2, 0) is 16.1 Å². The smallest absolute Gasteiger partial charge is 0.319 e. The molecule has 7 nitrogen and oxygen atoms in total. The van der Waals surface area contributed by atoms with E-state index in [1.165, 1.54) is 0 Å². The molecule has 0 radical (unpaired) electrons. The quantitative estimate of drug-likeness (QED) is 0.729. The van der Waals surface area contributed by atoms with E-state index in [9.17, 15) is 9.59 Å². The molecule has 1 aliphatic rings. The summed E-state index contributed by atoms with van der Waals surface area (Å²) in [4.78, 5) is 26.7. The molecule has 92 valence electrons. The number of carboxylic acids is 1. The van der Waals surface area contributed by atoms with Gasteiger partial charge in [-0.1, -0.05) is 11.6 Å². The minimum atomic E-state index is -1.25. The fourth-order valence-corrected chi connectivity index (χ4v) is 1.81. The molecule has 1 fully saturated rings. The van der Waals surface area contributed by atoms with Gasteiger partial charge in [0, 0.05) is 0 Å². The molecule has 7 heteroatoms. The number of amides is 1. The molecule has 0 bridgehead atoms. The van der Waals surface area contributed by atoms with Crippen molar-refractivity contribution < 1.29 is 19.2 Å². The van der Waals surface area contributed by atoms with Crippen LogP contribution in [0.25, 0.3) is 0 Å². The predicted molar refractivity (Wildman–Crippen MR) is 54.8 cm³/mol. The van der Waals surface area contributed by atoms with E-state index in [1.54, 1.807) is 6.92 Å². The van der Waals surface area contributed by atoms with Gasteiger partial charge in [0.25, 0.3) is 0 Å². The molecule has 1 aromatic heterocycles. The third-order valence-corrected chi connectivity index (χ3v) is 3.02. The predicted octanol–water partition coefficient (Wildman–Crippen LogP) is 0.249. The summed E-state index contributed by atoms with van der Waals surface area (Å²) in [6.45, 7) is 1.73. The Morgan fingerprint density at radius 1 is 1.53 bits per heavy atom. The van der Waals surface area contributed by atoms with Gasteiger partial charge in [-0.2, -0.15) is 4.98 Å². The molecule has 0 aromatic carbocycles. The number of rotatable bonds is 4. The van der Waals surface area contributed by atoms with Crippen molar-refractivity contribution in [3.8, 4) is 0 Å². The highest BCUT2D eigenvalue weighted by Gasteiger charge is 2.51. The Morgan fingerprint density at radius 2 is 2.24 bits per heavy atom. The van der Waals surface area contributed by atoms with Crippen molar-refractivity contribution in [2.75, 3.05) is 0 Å². The number of aliphatic carboxylic acids is 1. The zero-order chi connectivity index (χ0) is 12.5. The molecule has 2 N–H and O–H groups in total. The lowest BCUT2D eigenvalue weighted by molar-refractivity contribution is -0.162. The normalized spacial score (nSPS) is 17.2. The van der Waals surface area contributed by atoms with Crippen molar-refractivity contribution >= 4 is 11.9 Å². The molecule has 17 heavy (non-hydrogen) atoms. The Labute approximate surface area is 97.2 Å². The van der Waals surface area contributed by atoms with Gasteiger partial charge in [0.05, 0.1) is 6.54 Å². The van der Waals surface area contributed by atoms with Gasteiger partial charge in [0.1, 0.15) is 5.41 Å². The molecule has 1 saturated carbocycles. The summed E-state index contributed by atoms with van der Waals surface area (Å²) in [5, 5.41) is 15.1. The largest absolute Gasteiger partial charge is 0.480 e. The molecule has 0 aliphatic heterocycles. The van der Waals surface area contributed by atoms with Crippen molar-refractivity contribution in [1.29, 1.82) is 0 Å². The van der Waals surface area contributed by atoms with Crippen LogP contribution in [0.1, 0.15) is 31.0 Å². The van der Waals surface area contributed by atoms with Gasteiger partial charge in [0.2, 0.25) is 11.8 Å². The fraction of sp³-hybridized carbons (Fsp3) is 0.600. The third-order valence-electron chi connectivity index (χ3n) is 3.02. The van der Waals surface area contributed by atoms with Crippen LogP contribution in [0.3, 0.4) is 0 Å². The number of aromatic nitrogens is 2. The monoisotopic (exact) mass is 239 g/mol. The summed E-state index contributed by atoms with van der Waals surface area (Å²) in [6, 6.07) is 0. The van der Waals surface area contributed by atoms with Crippen molar-refractivity contribution in [3.63, 3.8) is 0 Å². The number of hydrogen-bond acceptors (Lipinski definition) is 5. The fourth-order valence-electron chi connectivity index (χ4n) is 1.81. The standard InChI is InChI=1S/C10H13N3O4/c1-6-12-7(17-13-6)5-11-8(14)10(9(15)16)3-2-4-10/h2-5H2,1H3,(H,11,14)(H,15,16). The summed E-state index contributed by atoms with van der Waals surface area (Å²) in [6.07, 6.45) is 1.54. The number of carbonyl (C=O) groups is 2. The summed E-state index contributed by atoms with van der Waals surface area (Å²) in [7, 11) is 0. The molecule has 1 aliphatic carbocycles. The molecule has 0 atom stereocenters. The van der Waals surface area contributed by atoms with Crippen LogP contribution in [-0.4, -0.2) is 27.1 Å². The van der Waals surface area contributed by atoms with Gasteiger partial charge < -0.3 is 14.9 Å². The Kier molecular flexibility index (Phi) is 2.83. The van der Waals surface area contributed by atoms with Crippen molar-refractivity contribution in [2.24, 2.45) is 5.41 Å². The van der Waals surface area contributed by atoms with Crippen LogP contribution in [0.4, 0.5) is 0 Å². The van der Waals surface area contributed by atoms with Crippen LogP contribution >= 0.6 is 0 Å². The Hall–Kier alpha value is -1.92. The van der Waals surface area contributed by atoms with E-state index in [1.807, 2.05) is 0 Å². The average Bonchev–Trinajstić information content (AvgIpc) is 2.59. The number of nitrogens with one attached hydrogen (secondary N) is 1. The van der Waals surface area contributed by atoms with E-state index in [4.69, 9.17) is 9.63 Å². The Bertz CT molecular complexity index is 450. The first-order valence-corrected chi connectivity index (χ1v) is 5.35. The molecule has 1 amide bonds. The van der Waals surface area contributed by atoms with E-state index < -0.39 is 17.3 Å². The number of nitrogens with zero attached hydrogens (tertiary/aromatic N) is 2. The lowest BCUT2D eigenvalue weighted by atomic mass is 9.68. The molecule has 0 unspecified atom stereocenters. The highest BCUT2D eigenvalue weighted by molar-refractivity contribution is 6.02. The van der Waals surface area contributed by atoms with E-state index in [-0.39, 0.29) is 12.4 Å². The second-order valence-corrected chi connectivity index (χ2v) is 4.16. The molecular weight excluding hydrogens is 226 g/mol. The first-order chi connectivity index (χ1) is 8.04. The van der Waals surface area contributed by atoms with E-state index in [0.29, 0.717) is 18.7 Å². The lowest BCUT2D eigenvalue weighted by Crippen LogP contribution is -2.50. The maximum Gasteiger partial charge on any atom is 0.319 e. The molecule has 0 spiro atoms. The van der Waals surface area contributed by atoms with E-state index >= 15 is 0 Å². The molecule has 1 heterocycles. The van der Waals surface area contributed by atoms with Crippen LogP contribution in [0.5, 0.6) is 0 Å². The number of aryl methyl sites for hydroxylation is 1. The molecule has 2 rings (SSSR count). The maximum atomic E-state index is 11.8. The molecule has 1 aromatic rings.